The van der Waals surface area contributed by atoms with Gasteiger partial charge in [0.15, 0.2) is 6.61 Å². The van der Waals surface area contributed by atoms with Crippen LogP contribution in [0.1, 0.15) is 67.8 Å². The van der Waals surface area contributed by atoms with E-state index >= 15 is 0 Å². The average Bonchev–Trinajstić information content (AvgIpc) is 3.25. The Bertz CT molecular complexity index is 1070. The van der Waals surface area contributed by atoms with E-state index < -0.39 is 24.3 Å². The number of benzene rings is 1. The number of amides is 2. The highest BCUT2D eigenvalue weighted by Crippen LogP contribution is 2.20. The number of Topliss-reactive ketones (excluding diaryl/α,β-unsaturated/α-hetero) is 1. The molecule has 9 nitrogen and oxygen atoms in total. The molecule has 0 bridgehead atoms. The van der Waals surface area contributed by atoms with E-state index in [0.717, 1.165) is 0 Å². The number of H-pyrrole nitrogens is 1. The predicted octanol–water partition coefficient (Wildman–Crippen LogP) is 2.50. The number of nitrogens with zero attached hydrogens (tertiary/aromatic N) is 1. The number of ketones is 1. The molecule has 2 heterocycles. The quantitative estimate of drug-likeness (QED) is 0.380. The molecular formula is C23H24N2O7. The van der Waals surface area contributed by atoms with Crippen LogP contribution in [0.2, 0.25) is 0 Å². The van der Waals surface area contributed by atoms with E-state index in [4.69, 9.17) is 9.47 Å². The predicted molar refractivity (Wildman–Crippen MR) is 112 cm³/mol. The van der Waals surface area contributed by atoms with Crippen molar-refractivity contribution in [2.24, 2.45) is 0 Å². The van der Waals surface area contributed by atoms with Crippen LogP contribution in [0.15, 0.2) is 24.3 Å². The van der Waals surface area contributed by atoms with Gasteiger partial charge in [0, 0.05) is 24.1 Å². The van der Waals surface area contributed by atoms with E-state index in [9.17, 15) is 24.0 Å². The number of imide groups is 1. The molecule has 0 radical (unpaired) electrons. The third-order valence-electron chi connectivity index (χ3n) is 5.22. The molecule has 1 N–H and O–H groups in total. The van der Waals surface area contributed by atoms with E-state index in [0.29, 0.717) is 16.8 Å². The van der Waals surface area contributed by atoms with E-state index in [1.54, 1.807) is 32.9 Å². The number of carbonyl (C=O) groups is 5. The summed E-state index contributed by atoms with van der Waals surface area (Å²) in [6.45, 7) is 4.84. The number of likely N-dealkylation sites (tertiary alicyclic amines) is 1. The highest BCUT2D eigenvalue weighted by molar-refractivity contribution is 6.04. The van der Waals surface area contributed by atoms with Gasteiger partial charge in [0.25, 0.3) is 0 Å². The Balaban J connectivity index is 1.61. The number of ether oxygens (including phenoxy) is 2. The van der Waals surface area contributed by atoms with Crippen LogP contribution < -0.4 is 0 Å². The number of aromatic amines is 1. The largest absolute Gasteiger partial charge is 0.461 e. The van der Waals surface area contributed by atoms with Crippen LogP contribution in [-0.4, -0.2) is 52.6 Å². The van der Waals surface area contributed by atoms with Gasteiger partial charge >= 0.3 is 11.9 Å². The molecule has 2 aromatic rings. The average molecular weight is 440 g/mol. The molecule has 3 rings (SSSR count). The second-order valence-electron chi connectivity index (χ2n) is 7.42. The van der Waals surface area contributed by atoms with Crippen molar-refractivity contribution in [2.75, 3.05) is 13.2 Å². The molecule has 0 atom stereocenters. The van der Waals surface area contributed by atoms with Crippen LogP contribution in [0.4, 0.5) is 0 Å². The lowest BCUT2D eigenvalue weighted by atomic mass is 10.1. The first-order chi connectivity index (χ1) is 15.2. The highest BCUT2D eigenvalue weighted by atomic mass is 16.5. The van der Waals surface area contributed by atoms with Gasteiger partial charge in [-0.3, -0.25) is 19.3 Å². The minimum absolute atomic E-state index is 0.153. The minimum atomic E-state index is -0.685. The van der Waals surface area contributed by atoms with Gasteiger partial charge in [0.2, 0.25) is 17.6 Å². The van der Waals surface area contributed by atoms with Crippen molar-refractivity contribution < 1.29 is 33.4 Å². The summed E-state index contributed by atoms with van der Waals surface area (Å²) < 4.78 is 10.1. The van der Waals surface area contributed by atoms with Gasteiger partial charge in [-0.25, -0.2) is 9.59 Å². The van der Waals surface area contributed by atoms with Crippen molar-refractivity contribution >= 4 is 29.5 Å². The Morgan fingerprint density at radius 3 is 2.19 bits per heavy atom. The molecule has 0 unspecified atom stereocenters. The van der Waals surface area contributed by atoms with Crippen LogP contribution in [-0.2, 0) is 25.6 Å². The number of hydrogen-bond donors (Lipinski definition) is 1. The Morgan fingerprint density at radius 1 is 0.969 bits per heavy atom. The monoisotopic (exact) mass is 440 g/mol. The molecule has 168 valence electrons. The molecule has 32 heavy (non-hydrogen) atoms. The lowest BCUT2D eigenvalue weighted by Crippen LogP contribution is -2.28. The van der Waals surface area contributed by atoms with E-state index in [-0.39, 0.29) is 54.6 Å². The molecule has 1 aliphatic rings. The molecule has 2 amide bonds. The fourth-order valence-electron chi connectivity index (χ4n) is 3.59. The van der Waals surface area contributed by atoms with Crippen LogP contribution >= 0.6 is 0 Å². The molecule has 0 aliphatic carbocycles. The first-order valence-corrected chi connectivity index (χ1v) is 10.2. The standard InChI is InChI=1S/C23H24N2O7/c1-4-31-23(30)21-13(2)20(14(3)24-21)17(26)12-32-22(29)16-7-5-15(6-8-16)11-25-18(27)9-10-19(25)28/h5-8,24H,4,9-12H2,1-3H3. The number of esters is 2. The van der Waals surface area contributed by atoms with E-state index in [1.807, 2.05) is 0 Å². The lowest BCUT2D eigenvalue weighted by Gasteiger charge is -2.13. The third kappa shape index (κ3) is 4.77. The summed E-state index contributed by atoms with van der Waals surface area (Å²) >= 11 is 0. The first-order valence-electron chi connectivity index (χ1n) is 10.2. The topological polar surface area (TPSA) is 123 Å². The van der Waals surface area contributed by atoms with Gasteiger partial charge in [-0.15, -0.1) is 0 Å². The summed E-state index contributed by atoms with van der Waals surface area (Å²) in [6, 6.07) is 6.28. The SMILES string of the molecule is CCOC(=O)c1[nH]c(C)c(C(=O)COC(=O)c2ccc(CN3C(=O)CCC3=O)cc2)c1C. The van der Waals surface area contributed by atoms with Crippen LogP contribution in [0, 0.1) is 13.8 Å². The lowest BCUT2D eigenvalue weighted by molar-refractivity contribution is -0.139. The van der Waals surface area contributed by atoms with E-state index in [1.165, 1.54) is 17.0 Å². The van der Waals surface area contributed by atoms with Crippen molar-refractivity contribution in [3.05, 3.63) is 57.9 Å². The normalized spacial score (nSPS) is 13.4. The van der Waals surface area contributed by atoms with Crippen LogP contribution in [0.3, 0.4) is 0 Å². The molecule has 1 aromatic heterocycles. The van der Waals surface area contributed by atoms with Gasteiger partial charge < -0.3 is 14.5 Å². The number of aryl methyl sites for hydroxylation is 1. The molecule has 1 saturated heterocycles. The number of rotatable bonds is 8. The zero-order valence-corrected chi connectivity index (χ0v) is 18.1. The van der Waals surface area contributed by atoms with Gasteiger partial charge in [-0.2, -0.15) is 0 Å². The third-order valence-corrected chi connectivity index (χ3v) is 5.22. The van der Waals surface area contributed by atoms with Crippen LogP contribution in [0.25, 0.3) is 0 Å². The van der Waals surface area contributed by atoms with Gasteiger partial charge in [-0.05, 0) is 44.0 Å². The zero-order valence-electron chi connectivity index (χ0n) is 18.1. The maximum atomic E-state index is 12.6. The second kappa shape index (κ2) is 9.59. The smallest absolute Gasteiger partial charge is 0.355 e. The second-order valence-corrected chi connectivity index (χ2v) is 7.42. The van der Waals surface area contributed by atoms with Crippen molar-refractivity contribution in [1.82, 2.24) is 9.88 Å². The number of nitrogens with one attached hydrogen (secondary N) is 1. The Morgan fingerprint density at radius 2 is 1.59 bits per heavy atom. The fourth-order valence-corrected chi connectivity index (χ4v) is 3.59. The van der Waals surface area contributed by atoms with Gasteiger partial charge in [0.05, 0.1) is 18.7 Å². The molecule has 1 aliphatic heterocycles. The summed E-state index contributed by atoms with van der Waals surface area (Å²) in [6.07, 6.45) is 0.442. The van der Waals surface area contributed by atoms with Crippen molar-refractivity contribution in [3.8, 4) is 0 Å². The maximum absolute atomic E-state index is 12.6. The fraction of sp³-hybridized carbons (Fsp3) is 0.348. The first kappa shape index (κ1) is 22.9. The highest BCUT2D eigenvalue weighted by Gasteiger charge is 2.28. The molecule has 9 heteroatoms. The number of carbonyl (C=O) groups excluding carboxylic acids is 5. The van der Waals surface area contributed by atoms with Crippen molar-refractivity contribution in [3.63, 3.8) is 0 Å². The summed E-state index contributed by atoms with van der Waals surface area (Å²) in [7, 11) is 0. The molecule has 1 fully saturated rings. The van der Waals surface area contributed by atoms with Crippen molar-refractivity contribution in [1.29, 1.82) is 0 Å². The number of hydrogen-bond acceptors (Lipinski definition) is 7. The van der Waals surface area contributed by atoms with E-state index in [2.05, 4.69) is 4.98 Å². The summed E-state index contributed by atoms with van der Waals surface area (Å²) in [4.78, 5) is 64.4. The molecule has 0 saturated carbocycles. The molecular weight excluding hydrogens is 416 g/mol. The van der Waals surface area contributed by atoms with Crippen LogP contribution in [0.5, 0.6) is 0 Å². The Labute approximate surface area is 184 Å². The van der Waals surface area contributed by atoms with Gasteiger partial charge in [-0.1, -0.05) is 12.1 Å². The Hall–Kier alpha value is -3.75. The molecule has 0 spiro atoms. The number of aromatic nitrogens is 1. The van der Waals surface area contributed by atoms with Crippen molar-refractivity contribution in [2.45, 2.75) is 40.2 Å². The summed E-state index contributed by atoms with van der Waals surface area (Å²) in [5.41, 5.74) is 2.35. The maximum Gasteiger partial charge on any atom is 0.355 e. The minimum Gasteiger partial charge on any atom is -0.461 e. The molecule has 1 aromatic carbocycles. The Kier molecular flexibility index (Phi) is 6.87. The summed E-state index contributed by atoms with van der Waals surface area (Å²) in [5, 5.41) is 0. The van der Waals surface area contributed by atoms with Gasteiger partial charge in [0.1, 0.15) is 5.69 Å². The zero-order chi connectivity index (χ0) is 23.4. The summed E-state index contributed by atoms with van der Waals surface area (Å²) in [5.74, 6) is -2.10.